The van der Waals surface area contributed by atoms with Crippen LogP contribution in [0.1, 0.15) is 18.3 Å². The first kappa shape index (κ1) is 28.9. The van der Waals surface area contributed by atoms with Crippen LogP contribution in [-0.4, -0.2) is 41.2 Å². The van der Waals surface area contributed by atoms with Gasteiger partial charge in [0.25, 0.3) is 0 Å². The lowest BCUT2D eigenvalue weighted by Gasteiger charge is -2.13. The van der Waals surface area contributed by atoms with Crippen molar-refractivity contribution in [3.8, 4) is 16.9 Å². The minimum Gasteiger partial charge on any atom is -0.485 e. The number of thioether (sulfide) groups is 1. The van der Waals surface area contributed by atoms with Gasteiger partial charge >= 0.3 is 11.7 Å². The van der Waals surface area contributed by atoms with Crippen LogP contribution < -0.4 is 15.7 Å². The Bertz CT molecular complexity index is 1720. The number of amides is 1. The molecule has 0 spiro atoms. The number of para-hydroxylation sites is 1. The molecule has 2 heterocycles. The maximum Gasteiger partial charge on any atom is 0.411 e. The van der Waals surface area contributed by atoms with Crippen molar-refractivity contribution in [2.75, 3.05) is 25.6 Å². The molecule has 11 heteroatoms. The molecule has 1 amide bonds. The maximum atomic E-state index is 12.4. The number of nitrogens with one attached hydrogen (secondary N) is 1. The number of fused-ring (bicyclic) bond motifs is 1. The summed E-state index contributed by atoms with van der Waals surface area (Å²) in [6.07, 6.45) is -0.579. The molecule has 0 saturated heterocycles. The lowest BCUT2D eigenvalue weighted by atomic mass is 10.1. The second kappa shape index (κ2) is 13.8. The highest BCUT2D eigenvalue weighted by molar-refractivity contribution is 7.98. The van der Waals surface area contributed by atoms with E-state index in [1.807, 2.05) is 59.2 Å². The van der Waals surface area contributed by atoms with E-state index < -0.39 is 11.7 Å². The van der Waals surface area contributed by atoms with Crippen molar-refractivity contribution in [2.24, 2.45) is 0 Å². The first-order valence-electron chi connectivity index (χ1n) is 13.4. The summed E-state index contributed by atoms with van der Waals surface area (Å²) < 4.78 is 23.9. The Hall–Kier alpha value is -4.61. The number of anilines is 1. The van der Waals surface area contributed by atoms with Crippen LogP contribution in [0.25, 0.3) is 22.1 Å². The third kappa shape index (κ3) is 6.99. The molecular formula is C31H30N4O6S. The van der Waals surface area contributed by atoms with Gasteiger partial charge < -0.3 is 23.2 Å². The van der Waals surface area contributed by atoms with Crippen molar-refractivity contribution in [3.63, 3.8) is 0 Å². The van der Waals surface area contributed by atoms with E-state index in [9.17, 15) is 9.59 Å². The zero-order valence-corrected chi connectivity index (χ0v) is 24.1. The Morgan fingerprint density at radius 2 is 1.83 bits per heavy atom. The number of aromatic nitrogens is 3. The molecule has 0 bridgehead atoms. The van der Waals surface area contributed by atoms with Gasteiger partial charge in [0.1, 0.15) is 17.9 Å². The summed E-state index contributed by atoms with van der Waals surface area (Å²) in [5.41, 5.74) is 3.16. The third-order valence-corrected chi connectivity index (χ3v) is 7.37. The van der Waals surface area contributed by atoms with Crippen LogP contribution in [0.15, 0.2) is 93.2 Å². The number of carbonyl (C=O) groups excluding carboxylic acids is 1. The molecule has 3 aromatic carbocycles. The Kier molecular flexibility index (Phi) is 9.52. The molecule has 10 nitrogen and oxygen atoms in total. The average Bonchev–Trinajstić information content (AvgIpc) is 3.39. The lowest BCUT2D eigenvalue weighted by molar-refractivity contribution is 0.168. The number of nitrogens with zero attached hydrogens (tertiary/aromatic N) is 3. The molecule has 0 fully saturated rings. The van der Waals surface area contributed by atoms with Crippen LogP contribution in [0.4, 0.5) is 10.5 Å². The monoisotopic (exact) mass is 586 g/mol. The number of ether oxygens (including phenoxy) is 3. The molecule has 0 saturated carbocycles. The van der Waals surface area contributed by atoms with Gasteiger partial charge in [0.05, 0.1) is 13.2 Å². The lowest BCUT2D eigenvalue weighted by Crippen LogP contribution is -2.13. The average molecular weight is 587 g/mol. The van der Waals surface area contributed by atoms with Gasteiger partial charge in [-0.2, -0.15) is 0 Å². The summed E-state index contributed by atoms with van der Waals surface area (Å²) in [6.45, 7) is 3.19. The van der Waals surface area contributed by atoms with Crippen molar-refractivity contribution in [1.29, 1.82) is 0 Å². The number of carbonyl (C=O) groups is 1. The van der Waals surface area contributed by atoms with Crippen molar-refractivity contribution < 1.29 is 23.4 Å². The number of rotatable bonds is 12. The summed E-state index contributed by atoms with van der Waals surface area (Å²) in [5, 5.41) is 12.9. The minimum absolute atomic E-state index is 0.217. The second-order valence-electron chi connectivity index (χ2n) is 9.13. The van der Waals surface area contributed by atoms with Gasteiger partial charge in [-0.25, -0.2) is 9.59 Å². The van der Waals surface area contributed by atoms with E-state index in [0.717, 1.165) is 27.8 Å². The van der Waals surface area contributed by atoms with E-state index in [4.69, 9.17) is 18.6 Å². The SMILES string of the molecule is CCOC(=O)Nc1ccc2c(CSc3nnc(COc4ccccc4-c4ccccc4)n3CCOC)cc(=O)oc2c1. The molecule has 0 aliphatic heterocycles. The fourth-order valence-corrected chi connectivity index (χ4v) is 5.36. The minimum atomic E-state index is -0.579. The largest absolute Gasteiger partial charge is 0.485 e. The van der Waals surface area contributed by atoms with Crippen LogP contribution in [0.2, 0.25) is 0 Å². The van der Waals surface area contributed by atoms with Gasteiger partial charge in [-0.15, -0.1) is 10.2 Å². The summed E-state index contributed by atoms with van der Waals surface area (Å²) in [7, 11) is 1.64. The third-order valence-electron chi connectivity index (χ3n) is 6.35. The summed E-state index contributed by atoms with van der Waals surface area (Å²) in [5.74, 6) is 1.85. The number of benzene rings is 3. The summed E-state index contributed by atoms with van der Waals surface area (Å²) in [4.78, 5) is 24.2. The van der Waals surface area contributed by atoms with E-state index >= 15 is 0 Å². The van der Waals surface area contributed by atoms with E-state index in [0.29, 0.717) is 41.2 Å². The number of hydrogen-bond donors (Lipinski definition) is 1. The Labute approximate surface area is 246 Å². The van der Waals surface area contributed by atoms with E-state index in [1.165, 1.54) is 17.8 Å². The van der Waals surface area contributed by atoms with Gasteiger partial charge in [0, 0.05) is 48.2 Å². The fraction of sp³-hybridized carbons (Fsp3) is 0.226. The fourth-order valence-electron chi connectivity index (χ4n) is 4.39. The first-order chi connectivity index (χ1) is 20.6. The van der Waals surface area contributed by atoms with Gasteiger partial charge in [-0.05, 0) is 36.2 Å². The van der Waals surface area contributed by atoms with Crippen molar-refractivity contribution in [3.05, 3.63) is 101 Å². The van der Waals surface area contributed by atoms with Crippen LogP contribution in [-0.2, 0) is 28.4 Å². The molecule has 5 rings (SSSR count). The Morgan fingerprint density at radius 1 is 1.02 bits per heavy atom. The molecule has 216 valence electrons. The van der Waals surface area contributed by atoms with E-state index in [2.05, 4.69) is 15.5 Å². The zero-order chi connectivity index (χ0) is 29.3. The van der Waals surface area contributed by atoms with E-state index in [-0.39, 0.29) is 13.2 Å². The molecule has 2 aromatic heterocycles. The zero-order valence-electron chi connectivity index (χ0n) is 23.2. The van der Waals surface area contributed by atoms with Crippen LogP contribution in [0.3, 0.4) is 0 Å². The van der Waals surface area contributed by atoms with Crippen molar-refractivity contribution >= 4 is 34.5 Å². The molecule has 0 atom stereocenters. The summed E-state index contributed by atoms with van der Waals surface area (Å²) in [6, 6.07) is 24.6. The molecule has 5 aromatic rings. The van der Waals surface area contributed by atoms with Gasteiger partial charge in [0.2, 0.25) is 0 Å². The molecule has 0 radical (unpaired) electrons. The molecule has 0 unspecified atom stereocenters. The summed E-state index contributed by atoms with van der Waals surface area (Å²) >= 11 is 1.45. The van der Waals surface area contributed by atoms with Crippen molar-refractivity contribution in [1.82, 2.24) is 14.8 Å². The highest BCUT2D eigenvalue weighted by Gasteiger charge is 2.16. The highest BCUT2D eigenvalue weighted by atomic mass is 32.2. The molecular weight excluding hydrogens is 556 g/mol. The molecule has 1 N–H and O–H groups in total. The first-order valence-corrected chi connectivity index (χ1v) is 14.4. The van der Waals surface area contributed by atoms with Crippen molar-refractivity contribution in [2.45, 2.75) is 31.0 Å². The molecule has 42 heavy (non-hydrogen) atoms. The topological polar surface area (TPSA) is 118 Å². The second-order valence-corrected chi connectivity index (χ2v) is 10.1. The van der Waals surface area contributed by atoms with Gasteiger partial charge in [0.15, 0.2) is 11.0 Å². The van der Waals surface area contributed by atoms with Gasteiger partial charge in [-0.3, -0.25) is 5.32 Å². The Balaban J connectivity index is 1.34. The van der Waals surface area contributed by atoms with Crippen LogP contribution >= 0.6 is 11.8 Å². The highest BCUT2D eigenvalue weighted by Crippen LogP contribution is 2.31. The number of hydrogen-bond acceptors (Lipinski definition) is 9. The van der Waals surface area contributed by atoms with E-state index in [1.54, 1.807) is 32.2 Å². The normalized spacial score (nSPS) is 11.0. The predicted octanol–water partition coefficient (Wildman–Crippen LogP) is 6.14. The predicted molar refractivity (Wildman–Crippen MR) is 161 cm³/mol. The van der Waals surface area contributed by atoms with Gasteiger partial charge in [-0.1, -0.05) is 60.3 Å². The maximum absolute atomic E-state index is 12.4. The smallest absolute Gasteiger partial charge is 0.411 e. The van der Waals surface area contributed by atoms with Crippen LogP contribution in [0, 0.1) is 0 Å². The molecule has 0 aliphatic rings. The Morgan fingerprint density at radius 3 is 2.64 bits per heavy atom. The quantitative estimate of drug-likeness (QED) is 0.136. The van der Waals surface area contributed by atoms with Crippen LogP contribution in [0.5, 0.6) is 5.75 Å². The number of methoxy groups -OCH3 is 1. The molecule has 0 aliphatic carbocycles. The standard InChI is InChI=1S/C31H30N4O6S/c1-3-39-31(37)32-23-13-14-25-22(17-29(36)41-27(25)18-23)20-42-30-34-33-28(35(30)15-16-38-2)19-40-26-12-8-7-11-24(26)21-9-5-4-6-10-21/h4-14,17-18H,3,15-16,19-20H2,1-2H3,(H,32,37).